The molecule has 0 saturated carbocycles. The minimum Gasteiger partial charge on any atom is -0.462 e. The fraction of sp³-hybridized carbons (Fsp3) is 0.600. The Balaban J connectivity index is 1.26. The molecule has 10 nitrogen and oxygen atoms in total. The lowest BCUT2D eigenvalue weighted by Crippen LogP contribution is -2.55. The fourth-order valence-corrected chi connectivity index (χ4v) is 7.53. The van der Waals surface area contributed by atoms with Crippen LogP contribution in [0.2, 0.25) is 0 Å². The molecule has 4 heterocycles. The predicted octanol–water partition coefficient (Wildman–Crippen LogP) is 3.31. The second kappa shape index (κ2) is 14.2. The lowest BCUT2D eigenvalue weighted by atomic mass is 9.88. The van der Waals surface area contributed by atoms with E-state index in [-0.39, 0.29) is 18.4 Å². The smallest absolute Gasteiger partial charge is 0.318 e. The van der Waals surface area contributed by atoms with E-state index in [9.17, 15) is 10.1 Å². The second-order valence-corrected chi connectivity index (χ2v) is 13.3. The first kappa shape index (κ1) is 31.3. The van der Waals surface area contributed by atoms with Gasteiger partial charge >= 0.3 is 6.01 Å². The third-order valence-electron chi connectivity index (χ3n) is 9.99. The van der Waals surface area contributed by atoms with Crippen LogP contribution in [0.15, 0.2) is 36.4 Å². The summed E-state index contributed by atoms with van der Waals surface area (Å²) in [5.74, 6) is 0.890. The summed E-state index contributed by atoms with van der Waals surface area (Å²) in [6.07, 6.45) is 11.2. The molecule has 1 amide bonds. The van der Waals surface area contributed by atoms with Gasteiger partial charge < -0.3 is 29.2 Å². The Morgan fingerprint density at radius 1 is 1.09 bits per heavy atom. The van der Waals surface area contributed by atoms with E-state index < -0.39 is 0 Å². The van der Waals surface area contributed by atoms with Gasteiger partial charge in [-0.1, -0.05) is 24.3 Å². The monoisotopic (exact) mass is 612 g/mol. The van der Waals surface area contributed by atoms with Gasteiger partial charge in [-0.05, 0) is 77.8 Å². The van der Waals surface area contributed by atoms with Gasteiger partial charge in [-0.3, -0.25) is 4.79 Å². The largest absolute Gasteiger partial charge is 0.462 e. The number of hydrogen-bond donors (Lipinski definition) is 0. The molecule has 0 spiro atoms. The number of nitriles is 1. The van der Waals surface area contributed by atoms with E-state index in [0.717, 1.165) is 56.7 Å². The molecule has 2 saturated heterocycles. The summed E-state index contributed by atoms with van der Waals surface area (Å²) in [6.45, 7) is 5.22. The highest BCUT2D eigenvalue weighted by Crippen LogP contribution is 2.37. The van der Waals surface area contributed by atoms with Crippen LogP contribution < -0.4 is 14.5 Å². The van der Waals surface area contributed by atoms with Crippen LogP contribution in [0.4, 0.5) is 11.5 Å². The molecule has 1 aromatic carbocycles. The van der Waals surface area contributed by atoms with Gasteiger partial charge in [0.1, 0.15) is 12.4 Å². The van der Waals surface area contributed by atoms with Gasteiger partial charge in [-0.25, -0.2) is 0 Å². The Labute approximate surface area is 268 Å². The average Bonchev–Trinajstić information content (AvgIpc) is 3.47. The Kier molecular flexibility index (Phi) is 9.86. The highest BCUT2D eigenvalue weighted by atomic mass is 16.5. The van der Waals surface area contributed by atoms with Crippen molar-refractivity contribution in [1.82, 2.24) is 24.7 Å². The number of hydrogen-bond acceptors (Lipinski definition) is 9. The third kappa shape index (κ3) is 7.10. The summed E-state index contributed by atoms with van der Waals surface area (Å²) in [5, 5.41) is 9.69. The second-order valence-electron chi connectivity index (χ2n) is 13.3. The summed E-state index contributed by atoms with van der Waals surface area (Å²) in [5.41, 5.74) is 5.08. The highest BCUT2D eigenvalue weighted by Gasteiger charge is 2.35. The van der Waals surface area contributed by atoms with E-state index in [4.69, 9.17) is 14.7 Å². The van der Waals surface area contributed by atoms with Gasteiger partial charge in [0.05, 0.1) is 24.2 Å². The molecule has 3 atom stereocenters. The Bertz CT molecular complexity index is 1420. The van der Waals surface area contributed by atoms with Crippen molar-refractivity contribution in [3.63, 3.8) is 0 Å². The lowest BCUT2D eigenvalue weighted by molar-refractivity contribution is -0.128. The number of aromatic nitrogens is 2. The van der Waals surface area contributed by atoms with Gasteiger partial charge in [-0.15, -0.1) is 0 Å². The average molecular weight is 613 g/mol. The lowest BCUT2D eigenvalue weighted by Gasteiger charge is -2.43. The van der Waals surface area contributed by atoms with Gasteiger partial charge in [-0.2, -0.15) is 15.2 Å². The Hall–Kier alpha value is -3.68. The molecule has 10 heteroatoms. The molecule has 45 heavy (non-hydrogen) atoms. The van der Waals surface area contributed by atoms with Crippen LogP contribution in [0.25, 0.3) is 0 Å². The van der Waals surface area contributed by atoms with Crippen molar-refractivity contribution in [3.05, 3.63) is 53.2 Å². The molecule has 2 fully saturated rings. The zero-order valence-corrected chi connectivity index (χ0v) is 27.2. The molecule has 4 aliphatic rings. The summed E-state index contributed by atoms with van der Waals surface area (Å²) < 4.78 is 6.36. The Morgan fingerprint density at radius 2 is 1.96 bits per heavy atom. The molecule has 0 radical (unpaired) electrons. The number of rotatable bonds is 9. The predicted molar refractivity (Wildman–Crippen MR) is 177 cm³/mol. The number of anilines is 2. The minimum absolute atomic E-state index is 0.0316. The molecule has 0 bridgehead atoms. The first-order valence-electron chi connectivity index (χ1n) is 16.7. The molecule has 1 aromatic heterocycles. The summed E-state index contributed by atoms with van der Waals surface area (Å²) in [4.78, 5) is 34.4. The normalized spacial score (nSPS) is 23.7. The quantitative estimate of drug-likeness (QED) is 0.396. The summed E-state index contributed by atoms with van der Waals surface area (Å²) >= 11 is 0. The molecular formula is C35H48N8O2. The van der Waals surface area contributed by atoms with Crippen molar-refractivity contribution in [3.8, 4) is 12.1 Å². The van der Waals surface area contributed by atoms with E-state index in [1.807, 2.05) is 30.0 Å². The molecule has 1 aliphatic carbocycles. The molecular weight excluding hydrogens is 564 g/mol. The van der Waals surface area contributed by atoms with Crippen molar-refractivity contribution in [2.75, 3.05) is 76.8 Å². The van der Waals surface area contributed by atoms with Crippen molar-refractivity contribution in [2.45, 2.75) is 69.5 Å². The van der Waals surface area contributed by atoms with Gasteiger partial charge in [0, 0.05) is 68.6 Å². The van der Waals surface area contributed by atoms with E-state index in [2.05, 4.69) is 52.1 Å². The van der Waals surface area contributed by atoms with Crippen LogP contribution in [0.1, 0.15) is 48.9 Å². The van der Waals surface area contributed by atoms with Crippen molar-refractivity contribution in [1.29, 1.82) is 5.26 Å². The number of benzene rings is 1. The van der Waals surface area contributed by atoms with E-state index >= 15 is 0 Å². The van der Waals surface area contributed by atoms with Crippen molar-refractivity contribution < 1.29 is 9.53 Å². The molecule has 0 N–H and O–H groups in total. The van der Waals surface area contributed by atoms with Crippen molar-refractivity contribution >= 4 is 17.4 Å². The first-order valence-corrected chi connectivity index (χ1v) is 16.7. The number of fused-ring (bicyclic) bond motifs is 2. The third-order valence-corrected chi connectivity index (χ3v) is 9.99. The van der Waals surface area contributed by atoms with E-state index in [0.29, 0.717) is 50.9 Å². The van der Waals surface area contributed by atoms with Gasteiger partial charge in [0.25, 0.3) is 0 Å². The molecule has 2 aromatic rings. The fourth-order valence-electron chi connectivity index (χ4n) is 7.53. The molecule has 6 rings (SSSR count). The molecule has 2 unspecified atom stereocenters. The number of amides is 1. The summed E-state index contributed by atoms with van der Waals surface area (Å²) in [6, 6.07) is 12.2. The van der Waals surface area contributed by atoms with E-state index in [1.165, 1.54) is 29.7 Å². The van der Waals surface area contributed by atoms with Crippen LogP contribution in [0, 0.1) is 11.3 Å². The van der Waals surface area contributed by atoms with Gasteiger partial charge in [0.15, 0.2) is 0 Å². The zero-order valence-electron chi connectivity index (χ0n) is 27.2. The maximum absolute atomic E-state index is 13.1. The molecule has 3 aliphatic heterocycles. The number of ether oxygens (including phenoxy) is 1. The number of para-hydroxylation sites is 1. The van der Waals surface area contributed by atoms with Crippen LogP contribution in [-0.2, 0) is 24.1 Å². The first-order chi connectivity index (χ1) is 21.9. The summed E-state index contributed by atoms with van der Waals surface area (Å²) in [7, 11) is 6.12. The molecule has 240 valence electrons. The number of carbonyl (C=O) groups excluding carboxylic acids is 1. The topological polar surface area (TPSA) is 92.1 Å². The van der Waals surface area contributed by atoms with Crippen LogP contribution >= 0.6 is 0 Å². The van der Waals surface area contributed by atoms with Crippen LogP contribution in [0.5, 0.6) is 6.01 Å². The zero-order chi connectivity index (χ0) is 31.3. The number of likely N-dealkylation sites (N-methyl/N-ethyl adjacent to an activating group) is 2. The number of nitrogens with zero attached hydrogens (tertiary/aromatic N) is 8. The minimum atomic E-state index is -0.205. The van der Waals surface area contributed by atoms with Crippen LogP contribution in [0.3, 0.4) is 0 Å². The van der Waals surface area contributed by atoms with Crippen LogP contribution in [-0.4, -0.2) is 116 Å². The highest BCUT2D eigenvalue weighted by molar-refractivity contribution is 5.88. The number of aryl methyl sites for hydroxylation is 1. The van der Waals surface area contributed by atoms with Gasteiger partial charge in [0.2, 0.25) is 5.91 Å². The number of piperazine rings is 1. The maximum atomic E-state index is 13.1. The SMILES string of the molecule is CN(C)C/C=C/C(=O)N1CCN(c2nc(OCC3CCCN3C)nc3c2CCC(N2CCCc4ccccc42)C3)C[C@@H]1CC#N. The number of likely N-dealkylation sites (tertiary alicyclic amines) is 1. The number of carbonyl (C=O) groups is 1. The Morgan fingerprint density at radius 3 is 2.76 bits per heavy atom. The van der Waals surface area contributed by atoms with E-state index in [1.54, 1.807) is 6.08 Å². The maximum Gasteiger partial charge on any atom is 0.318 e. The standard InChI is InChI=1S/C35H48N8O2/c1-39(2)18-8-13-33(44)43-22-21-41(24-28(43)16-17-36)34-30-15-14-27(42-20-6-10-26-9-4-5-12-32(26)42)23-31(30)37-35(38-34)45-25-29-11-7-19-40(29)3/h4-5,8-9,12-13,27-29H,6-7,10-11,14-16,18-25H2,1-3H3/b13-8+/t27?,28-,29?/m0/s1. The van der Waals surface area contributed by atoms with Crippen molar-refractivity contribution in [2.24, 2.45) is 0 Å².